The Balaban J connectivity index is 2.73. The second-order valence-electron chi connectivity index (χ2n) is 8.44. The molecule has 1 fully saturated rings. The van der Waals surface area contributed by atoms with Crippen molar-refractivity contribution in [2.45, 2.75) is 78.9 Å². The third kappa shape index (κ3) is 6.78. The van der Waals surface area contributed by atoms with Crippen LogP contribution < -0.4 is 0 Å². The van der Waals surface area contributed by atoms with Gasteiger partial charge in [-0.05, 0) is 52.0 Å². The number of ether oxygens (including phenoxy) is 1. The van der Waals surface area contributed by atoms with E-state index in [1.54, 1.807) is 4.90 Å². The molecule has 0 aromatic carbocycles. The molecular weight excluding hydrogens is 332 g/mol. The number of carboxylic acid groups (broad SMARTS) is 1. The number of likely N-dealkylation sites (tertiary alicyclic amines) is 1. The average molecular weight is 371 g/mol. The average Bonchev–Trinajstić information content (AvgIpc) is 2.97. The van der Waals surface area contributed by atoms with Crippen LogP contribution in [0.25, 0.3) is 0 Å². The van der Waals surface area contributed by atoms with E-state index in [0.717, 1.165) is 38.8 Å². The first-order valence-electron chi connectivity index (χ1n) is 10.1. The summed E-state index contributed by atoms with van der Waals surface area (Å²) >= 11 is 0. The van der Waals surface area contributed by atoms with Crippen molar-refractivity contribution in [1.82, 2.24) is 9.80 Å². The van der Waals surface area contributed by atoms with E-state index in [1.807, 2.05) is 27.7 Å². The lowest BCUT2D eigenvalue weighted by Crippen LogP contribution is -2.45. The third-order valence-electron chi connectivity index (χ3n) is 5.08. The zero-order valence-corrected chi connectivity index (χ0v) is 17.5. The molecule has 0 aliphatic carbocycles. The molecule has 0 bridgehead atoms. The number of aliphatic carboxylic acids is 1. The maximum absolute atomic E-state index is 12.5. The first kappa shape index (κ1) is 22.7. The van der Waals surface area contributed by atoms with Gasteiger partial charge in [-0.3, -0.25) is 9.69 Å². The Hall–Kier alpha value is -1.30. The second-order valence-corrected chi connectivity index (χ2v) is 8.44. The highest BCUT2D eigenvalue weighted by atomic mass is 16.6. The Morgan fingerprint density at radius 1 is 1.23 bits per heavy atom. The molecule has 1 saturated heterocycles. The van der Waals surface area contributed by atoms with E-state index >= 15 is 0 Å². The van der Waals surface area contributed by atoms with Crippen LogP contribution in [0.2, 0.25) is 0 Å². The lowest BCUT2D eigenvalue weighted by Gasteiger charge is -2.31. The predicted octanol–water partition coefficient (Wildman–Crippen LogP) is 3.84. The maximum Gasteiger partial charge on any atom is 0.410 e. The molecule has 0 spiro atoms. The fourth-order valence-electron chi connectivity index (χ4n) is 3.82. The Labute approximate surface area is 158 Å². The molecule has 0 radical (unpaired) electrons. The Morgan fingerprint density at radius 3 is 2.31 bits per heavy atom. The molecule has 1 aliphatic rings. The Kier molecular flexibility index (Phi) is 8.87. The summed E-state index contributed by atoms with van der Waals surface area (Å²) in [6.45, 7) is 14.6. The minimum Gasteiger partial charge on any atom is -0.480 e. The molecule has 0 saturated carbocycles. The number of hydrogen-bond acceptors (Lipinski definition) is 4. The minimum absolute atomic E-state index is 0.170. The quantitative estimate of drug-likeness (QED) is 0.668. The summed E-state index contributed by atoms with van der Waals surface area (Å²) < 4.78 is 5.53. The largest absolute Gasteiger partial charge is 0.480 e. The first-order valence-corrected chi connectivity index (χ1v) is 10.1. The smallest absolute Gasteiger partial charge is 0.410 e. The number of hydrogen-bond donors (Lipinski definition) is 1. The van der Waals surface area contributed by atoms with Gasteiger partial charge in [-0.1, -0.05) is 33.6 Å². The van der Waals surface area contributed by atoms with Gasteiger partial charge in [-0.2, -0.15) is 0 Å². The molecule has 2 atom stereocenters. The molecule has 6 nitrogen and oxygen atoms in total. The molecule has 6 heteroatoms. The highest BCUT2D eigenvalue weighted by Crippen LogP contribution is 2.27. The summed E-state index contributed by atoms with van der Waals surface area (Å²) in [5.74, 6) is -0.258. The topological polar surface area (TPSA) is 70.1 Å². The molecule has 0 aromatic rings. The minimum atomic E-state index is -0.725. The van der Waals surface area contributed by atoms with Crippen molar-refractivity contribution in [2.75, 3.05) is 26.2 Å². The molecule has 1 unspecified atom stereocenters. The molecule has 1 aliphatic heterocycles. The number of rotatable bonds is 9. The van der Waals surface area contributed by atoms with E-state index in [2.05, 4.69) is 18.7 Å². The van der Waals surface area contributed by atoms with Gasteiger partial charge >= 0.3 is 12.1 Å². The van der Waals surface area contributed by atoms with Crippen LogP contribution in [-0.4, -0.2) is 64.8 Å². The van der Waals surface area contributed by atoms with Gasteiger partial charge in [0.2, 0.25) is 0 Å². The van der Waals surface area contributed by atoms with Gasteiger partial charge < -0.3 is 14.7 Å². The van der Waals surface area contributed by atoms with E-state index in [9.17, 15) is 14.7 Å². The van der Waals surface area contributed by atoms with Crippen LogP contribution in [-0.2, 0) is 9.53 Å². The van der Waals surface area contributed by atoms with Crippen molar-refractivity contribution in [3.05, 3.63) is 0 Å². The van der Waals surface area contributed by atoms with Gasteiger partial charge in [0.05, 0.1) is 0 Å². The predicted molar refractivity (Wildman–Crippen MR) is 103 cm³/mol. The summed E-state index contributed by atoms with van der Waals surface area (Å²) in [5, 5.41) is 9.71. The lowest BCUT2D eigenvalue weighted by atomic mass is 9.93. The van der Waals surface area contributed by atoms with Crippen LogP contribution in [0.4, 0.5) is 4.79 Å². The van der Waals surface area contributed by atoms with E-state index in [4.69, 9.17) is 4.74 Å². The standard InChI is InChI=1S/C20H38N2O4/c1-7-11-22(19(25)26-20(4,5)6)14-15-10-12-21(13-15)17(18(23)24)16(8-2)9-3/h15-17H,7-14H2,1-6H3,(H,23,24)/t15-,17?/m1/s1. The SMILES string of the molecule is CCCN(C[C@@H]1CCN(C(C(=O)O)C(CC)CC)C1)C(=O)OC(C)(C)C. The highest BCUT2D eigenvalue weighted by molar-refractivity contribution is 5.74. The zero-order valence-electron chi connectivity index (χ0n) is 17.5. The molecule has 1 amide bonds. The third-order valence-corrected chi connectivity index (χ3v) is 5.08. The van der Waals surface area contributed by atoms with E-state index in [-0.39, 0.29) is 12.0 Å². The zero-order chi connectivity index (χ0) is 19.9. The second kappa shape index (κ2) is 10.1. The highest BCUT2D eigenvalue weighted by Gasteiger charge is 2.37. The summed E-state index contributed by atoms with van der Waals surface area (Å²) in [6, 6.07) is -0.420. The summed E-state index contributed by atoms with van der Waals surface area (Å²) in [7, 11) is 0. The Bertz CT molecular complexity index is 457. The molecule has 1 N–H and O–H groups in total. The van der Waals surface area contributed by atoms with Gasteiger partial charge in [0, 0.05) is 19.6 Å². The van der Waals surface area contributed by atoms with Crippen LogP contribution in [0, 0.1) is 11.8 Å². The molecule has 26 heavy (non-hydrogen) atoms. The van der Waals surface area contributed by atoms with Crippen LogP contribution in [0.3, 0.4) is 0 Å². The van der Waals surface area contributed by atoms with E-state index in [1.165, 1.54) is 0 Å². The lowest BCUT2D eigenvalue weighted by molar-refractivity contribution is -0.145. The molecule has 0 aromatic heterocycles. The molecule has 1 rings (SSSR count). The summed E-state index contributed by atoms with van der Waals surface area (Å²) in [6.07, 6.45) is 3.27. The van der Waals surface area contributed by atoms with Gasteiger partial charge in [-0.25, -0.2) is 4.79 Å². The van der Waals surface area contributed by atoms with Crippen molar-refractivity contribution in [2.24, 2.45) is 11.8 Å². The molecular formula is C20H38N2O4. The molecule has 1 heterocycles. The normalized spacial score (nSPS) is 19.6. The van der Waals surface area contributed by atoms with Crippen LogP contribution in [0.1, 0.15) is 67.2 Å². The Morgan fingerprint density at radius 2 is 1.85 bits per heavy atom. The van der Waals surface area contributed by atoms with Crippen molar-refractivity contribution in [1.29, 1.82) is 0 Å². The first-order chi connectivity index (χ1) is 12.1. The van der Waals surface area contributed by atoms with Crippen molar-refractivity contribution in [3.8, 4) is 0 Å². The fraction of sp³-hybridized carbons (Fsp3) is 0.900. The summed E-state index contributed by atoms with van der Waals surface area (Å²) in [4.78, 5) is 28.2. The van der Waals surface area contributed by atoms with Gasteiger partial charge in [-0.15, -0.1) is 0 Å². The number of carboxylic acids is 1. The summed E-state index contributed by atoms with van der Waals surface area (Å²) in [5.41, 5.74) is -0.505. The van der Waals surface area contributed by atoms with Gasteiger partial charge in [0.15, 0.2) is 0 Å². The fourth-order valence-corrected chi connectivity index (χ4v) is 3.82. The van der Waals surface area contributed by atoms with E-state index in [0.29, 0.717) is 19.0 Å². The van der Waals surface area contributed by atoms with Crippen molar-refractivity contribution < 1.29 is 19.4 Å². The van der Waals surface area contributed by atoms with Crippen LogP contribution in [0.15, 0.2) is 0 Å². The van der Waals surface area contributed by atoms with Crippen LogP contribution >= 0.6 is 0 Å². The van der Waals surface area contributed by atoms with E-state index < -0.39 is 17.6 Å². The van der Waals surface area contributed by atoms with Gasteiger partial charge in [0.25, 0.3) is 0 Å². The molecule has 152 valence electrons. The number of nitrogens with zero attached hydrogens (tertiary/aromatic N) is 2. The van der Waals surface area contributed by atoms with Crippen molar-refractivity contribution >= 4 is 12.1 Å². The monoisotopic (exact) mass is 370 g/mol. The van der Waals surface area contributed by atoms with Crippen LogP contribution in [0.5, 0.6) is 0 Å². The van der Waals surface area contributed by atoms with Crippen molar-refractivity contribution in [3.63, 3.8) is 0 Å². The maximum atomic E-state index is 12.5. The number of carbonyl (C=O) groups excluding carboxylic acids is 1. The van der Waals surface area contributed by atoms with Gasteiger partial charge in [0.1, 0.15) is 11.6 Å². The number of carbonyl (C=O) groups is 2. The number of amides is 1.